The summed E-state index contributed by atoms with van der Waals surface area (Å²) in [5.41, 5.74) is 9.13. The topological polar surface area (TPSA) is 164 Å². The lowest BCUT2D eigenvalue weighted by molar-refractivity contribution is -0.277. The van der Waals surface area contributed by atoms with Crippen molar-refractivity contribution in [3.63, 3.8) is 0 Å². The van der Waals surface area contributed by atoms with Crippen LogP contribution in [0.15, 0.2) is 29.4 Å². The number of carbonyl (C=O) groups is 2. The van der Waals surface area contributed by atoms with Crippen molar-refractivity contribution in [1.82, 2.24) is 4.90 Å². The predicted octanol–water partition coefficient (Wildman–Crippen LogP) is 5.94. The Morgan fingerprint density at radius 2 is 1.41 bits per heavy atom. The molecule has 12 nitrogen and oxygen atoms in total. The molecule has 1 aromatic carbocycles. The molecular weight excluding hydrogens is 592 g/mol. The van der Waals surface area contributed by atoms with Crippen molar-refractivity contribution in [2.45, 2.75) is 134 Å². The number of aliphatic hydroxyl groups is 2. The van der Waals surface area contributed by atoms with Crippen molar-refractivity contribution in [3.8, 4) is 0 Å². The summed E-state index contributed by atoms with van der Waals surface area (Å²) < 4.78 is 23.2. The molecule has 258 valence electrons. The first kappa shape index (κ1) is 37.9. The molecular formula is C34H54N4O8. The zero-order valence-corrected chi connectivity index (χ0v) is 27.6. The van der Waals surface area contributed by atoms with Crippen LogP contribution < -0.4 is 0 Å². The van der Waals surface area contributed by atoms with Crippen molar-refractivity contribution in [1.29, 1.82) is 0 Å². The van der Waals surface area contributed by atoms with Crippen LogP contribution in [-0.2, 0) is 18.9 Å². The number of imide groups is 1. The van der Waals surface area contributed by atoms with E-state index in [9.17, 15) is 19.8 Å². The quantitative estimate of drug-likeness (QED) is 0.0458. The zero-order valence-electron chi connectivity index (χ0n) is 27.6. The summed E-state index contributed by atoms with van der Waals surface area (Å²) in [6.45, 7) is 2.79. The molecule has 0 aliphatic carbocycles. The Morgan fingerprint density at radius 3 is 1.93 bits per heavy atom. The molecule has 6 atom stereocenters. The largest absolute Gasteiger partial charge is 0.388 e. The highest BCUT2D eigenvalue weighted by molar-refractivity contribution is 6.21. The number of carbonyl (C=O) groups excluding carboxylic acids is 2. The molecule has 2 heterocycles. The molecule has 2 amide bonds. The van der Waals surface area contributed by atoms with Gasteiger partial charge in [-0.1, -0.05) is 108 Å². The van der Waals surface area contributed by atoms with Gasteiger partial charge < -0.3 is 29.2 Å². The molecule has 3 rings (SSSR count). The molecule has 1 fully saturated rings. The number of fused-ring (bicyclic) bond motifs is 1. The number of nitrogens with zero attached hydrogens (tertiary/aromatic N) is 4. The van der Waals surface area contributed by atoms with E-state index in [1.54, 1.807) is 12.1 Å². The molecule has 46 heavy (non-hydrogen) atoms. The number of amides is 2. The Balaban J connectivity index is 1.40. The van der Waals surface area contributed by atoms with Gasteiger partial charge in [-0.3, -0.25) is 14.5 Å². The van der Waals surface area contributed by atoms with Crippen molar-refractivity contribution < 1.29 is 38.7 Å². The van der Waals surface area contributed by atoms with Crippen LogP contribution >= 0.6 is 0 Å². The third kappa shape index (κ3) is 11.3. The van der Waals surface area contributed by atoms with Crippen molar-refractivity contribution in [2.24, 2.45) is 5.11 Å². The summed E-state index contributed by atoms with van der Waals surface area (Å²) in [7, 11) is 1.52. The number of rotatable bonds is 24. The minimum atomic E-state index is -1.61. The highest BCUT2D eigenvalue weighted by Gasteiger charge is 2.53. The van der Waals surface area contributed by atoms with Crippen LogP contribution in [0.1, 0.15) is 118 Å². The van der Waals surface area contributed by atoms with Gasteiger partial charge >= 0.3 is 0 Å². The van der Waals surface area contributed by atoms with Gasteiger partial charge in [0.25, 0.3) is 11.8 Å². The smallest absolute Gasteiger partial charge is 0.262 e. The molecule has 1 aromatic rings. The minimum absolute atomic E-state index is 0.0311. The molecule has 2 unspecified atom stereocenters. The van der Waals surface area contributed by atoms with Crippen LogP contribution in [0.4, 0.5) is 0 Å². The third-order valence-corrected chi connectivity index (χ3v) is 8.84. The fourth-order valence-corrected chi connectivity index (χ4v) is 6.08. The van der Waals surface area contributed by atoms with E-state index < -0.39 is 48.6 Å². The van der Waals surface area contributed by atoms with Gasteiger partial charge in [0.1, 0.15) is 24.4 Å². The fraction of sp³-hybridized carbons (Fsp3) is 0.765. The summed E-state index contributed by atoms with van der Waals surface area (Å²) in [6.07, 6.45) is 12.0. The molecule has 2 aliphatic rings. The second-order valence-corrected chi connectivity index (χ2v) is 12.3. The predicted molar refractivity (Wildman–Crippen MR) is 173 cm³/mol. The van der Waals surface area contributed by atoms with E-state index in [1.807, 2.05) is 0 Å². The summed E-state index contributed by atoms with van der Waals surface area (Å²) in [5, 5.41) is 25.3. The number of hydrogen-bond donors (Lipinski definition) is 2. The van der Waals surface area contributed by atoms with E-state index in [-0.39, 0.29) is 30.9 Å². The Hall–Kier alpha value is -2.57. The Kier molecular flexibility index (Phi) is 17.6. The van der Waals surface area contributed by atoms with Crippen molar-refractivity contribution in [2.75, 3.05) is 33.5 Å². The first-order valence-electron chi connectivity index (χ1n) is 17.2. The number of hydrogen-bond acceptors (Lipinski definition) is 9. The average molecular weight is 647 g/mol. The minimum Gasteiger partial charge on any atom is -0.388 e. The standard InChI is InChI=1S/C34H54N4O8/c1-3-4-5-6-7-8-9-10-11-12-13-14-15-18-21-44-23-25(43-2)24-45-34-29(31(40)30(39)28(46-34)22-36-37-35)38-32(41)26-19-16-17-20-27(26)33(38)42/h16-17,19-20,25,28-31,34,39-40H,3-15,18,21-24H2,1-2H3/t25-,28?,29?,30-,31-,34-/m1/s1. The van der Waals surface area contributed by atoms with E-state index >= 15 is 0 Å². The lowest BCUT2D eigenvalue weighted by Crippen LogP contribution is -2.65. The monoisotopic (exact) mass is 646 g/mol. The third-order valence-electron chi connectivity index (χ3n) is 8.84. The summed E-state index contributed by atoms with van der Waals surface area (Å²) in [5.74, 6) is -1.25. The van der Waals surface area contributed by atoms with Crippen LogP contribution in [0, 0.1) is 0 Å². The van der Waals surface area contributed by atoms with Crippen molar-refractivity contribution in [3.05, 3.63) is 45.8 Å². The summed E-state index contributed by atoms with van der Waals surface area (Å²) in [4.78, 5) is 30.0. The van der Waals surface area contributed by atoms with Crippen LogP contribution in [0.2, 0.25) is 0 Å². The average Bonchev–Trinajstić information content (AvgIpc) is 3.32. The number of benzene rings is 1. The molecule has 0 saturated carbocycles. The molecule has 12 heteroatoms. The summed E-state index contributed by atoms with van der Waals surface area (Å²) >= 11 is 0. The highest BCUT2D eigenvalue weighted by Crippen LogP contribution is 2.33. The van der Waals surface area contributed by atoms with Gasteiger partial charge in [-0.15, -0.1) is 0 Å². The van der Waals surface area contributed by atoms with Crippen LogP contribution in [-0.4, -0.2) is 97.2 Å². The van der Waals surface area contributed by atoms with Gasteiger partial charge in [0, 0.05) is 18.6 Å². The maximum atomic E-state index is 13.2. The van der Waals surface area contributed by atoms with Gasteiger partial charge in [-0.05, 0) is 24.1 Å². The normalized spacial score (nSPS) is 23.4. The maximum absolute atomic E-state index is 13.2. The SMILES string of the molecule is CCCCCCCCCCCCCCCCOC[C@H](CO[C@@H]1OC(CN=[N+]=[N-])[C@@H](O)[C@H](O)C1N1C(=O)c2ccccc2C1=O)OC. The van der Waals surface area contributed by atoms with E-state index in [4.69, 9.17) is 24.5 Å². The van der Waals surface area contributed by atoms with Gasteiger partial charge in [0.05, 0.1) is 37.0 Å². The van der Waals surface area contributed by atoms with Crippen LogP contribution in [0.25, 0.3) is 10.4 Å². The summed E-state index contributed by atoms with van der Waals surface area (Å²) in [6, 6.07) is 4.99. The first-order valence-corrected chi connectivity index (χ1v) is 17.2. The van der Waals surface area contributed by atoms with E-state index in [2.05, 4.69) is 16.9 Å². The van der Waals surface area contributed by atoms with E-state index in [0.29, 0.717) is 6.61 Å². The fourth-order valence-electron chi connectivity index (χ4n) is 6.08. The van der Waals surface area contributed by atoms with Crippen LogP contribution in [0.3, 0.4) is 0 Å². The number of unbranched alkanes of at least 4 members (excludes halogenated alkanes) is 13. The number of azide groups is 1. The van der Waals surface area contributed by atoms with E-state index in [1.165, 1.54) is 96.3 Å². The molecule has 0 spiro atoms. The molecule has 0 radical (unpaired) electrons. The first-order chi connectivity index (χ1) is 22.4. The zero-order chi connectivity index (χ0) is 33.1. The van der Waals surface area contributed by atoms with Crippen LogP contribution in [0.5, 0.6) is 0 Å². The number of aliphatic hydroxyl groups excluding tert-OH is 2. The number of methoxy groups -OCH3 is 1. The van der Waals surface area contributed by atoms with Gasteiger partial charge in [0.15, 0.2) is 6.29 Å². The Morgan fingerprint density at radius 1 is 0.870 bits per heavy atom. The lowest BCUT2D eigenvalue weighted by Gasteiger charge is -2.45. The Bertz CT molecular complexity index is 1070. The van der Waals surface area contributed by atoms with Crippen molar-refractivity contribution >= 4 is 11.8 Å². The molecule has 2 aliphatic heterocycles. The molecule has 0 bridgehead atoms. The molecule has 1 saturated heterocycles. The lowest BCUT2D eigenvalue weighted by atomic mass is 9.95. The maximum Gasteiger partial charge on any atom is 0.262 e. The van der Waals surface area contributed by atoms with Gasteiger partial charge in [-0.25, -0.2) is 0 Å². The Labute approximate surface area is 273 Å². The molecule has 2 N–H and O–H groups in total. The highest BCUT2D eigenvalue weighted by atomic mass is 16.7. The molecule has 0 aromatic heterocycles. The second kappa shape index (κ2) is 21.3. The second-order valence-electron chi connectivity index (χ2n) is 12.3. The van der Waals surface area contributed by atoms with Gasteiger partial charge in [-0.2, -0.15) is 0 Å². The number of ether oxygens (including phenoxy) is 4. The van der Waals surface area contributed by atoms with Gasteiger partial charge in [0.2, 0.25) is 0 Å². The van der Waals surface area contributed by atoms with E-state index in [0.717, 1.165) is 17.7 Å².